The van der Waals surface area contributed by atoms with E-state index < -0.39 is 29.8 Å². The molecule has 1 saturated heterocycles. The van der Waals surface area contributed by atoms with E-state index in [0.29, 0.717) is 11.3 Å². The lowest BCUT2D eigenvalue weighted by Gasteiger charge is -2.40. The molecule has 0 unspecified atom stereocenters. The summed E-state index contributed by atoms with van der Waals surface area (Å²) in [5, 5.41) is 12.7. The van der Waals surface area contributed by atoms with Crippen LogP contribution in [0.2, 0.25) is 0 Å². The number of nitrogens with one attached hydrogen (secondary N) is 1. The third-order valence-corrected chi connectivity index (χ3v) is 5.69. The normalized spacial score (nSPS) is 18.4. The van der Waals surface area contributed by atoms with Gasteiger partial charge in [-0.15, -0.1) is 0 Å². The molecule has 0 aliphatic carbocycles. The average Bonchev–Trinajstić information content (AvgIpc) is 2.86. The van der Waals surface area contributed by atoms with Crippen molar-refractivity contribution in [2.75, 3.05) is 18.5 Å². The Labute approximate surface area is 199 Å². The molecule has 2 N–H and O–H groups in total. The van der Waals surface area contributed by atoms with Crippen molar-refractivity contribution in [1.82, 2.24) is 9.88 Å². The lowest BCUT2D eigenvalue weighted by molar-refractivity contribution is -0.162. The van der Waals surface area contributed by atoms with Gasteiger partial charge in [0.25, 0.3) is 5.91 Å². The maximum atomic E-state index is 12.7. The average molecular weight is 485 g/mol. The molecule has 2 atom stereocenters. The molecule has 1 aromatic heterocycles. The van der Waals surface area contributed by atoms with Gasteiger partial charge in [0.05, 0.1) is 18.2 Å². The van der Waals surface area contributed by atoms with Crippen molar-refractivity contribution in [2.45, 2.75) is 24.9 Å². The Morgan fingerprint density at radius 1 is 1.11 bits per heavy atom. The van der Waals surface area contributed by atoms with E-state index in [1.54, 1.807) is 47.6 Å². The monoisotopic (exact) mass is 485 g/mol. The molecule has 7 nitrogen and oxygen atoms in total. The molecule has 1 aliphatic heterocycles. The number of hydrogen-bond donors (Lipinski definition) is 2. The molecule has 3 aromatic rings. The third kappa shape index (κ3) is 5.67. The Bertz CT molecular complexity index is 1170. The maximum absolute atomic E-state index is 12.7. The van der Waals surface area contributed by atoms with E-state index in [2.05, 4.69) is 10.3 Å². The molecule has 182 valence electrons. The minimum absolute atomic E-state index is 0.0857. The number of amides is 2. The number of benzene rings is 2. The summed E-state index contributed by atoms with van der Waals surface area (Å²) in [4.78, 5) is 30.5. The van der Waals surface area contributed by atoms with Gasteiger partial charge in [0.2, 0.25) is 5.91 Å². The number of hydrogen-bond acceptors (Lipinski definition) is 5. The van der Waals surface area contributed by atoms with Crippen LogP contribution in [0.5, 0.6) is 0 Å². The van der Waals surface area contributed by atoms with Crippen molar-refractivity contribution in [3.05, 3.63) is 95.3 Å². The van der Waals surface area contributed by atoms with Gasteiger partial charge in [-0.1, -0.05) is 18.2 Å². The van der Waals surface area contributed by atoms with Gasteiger partial charge in [-0.3, -0.25) is 14.6 Å². The zero-order chi connectivity index (χ0) is 25.0. The molecule has 0 radical (unpaired) electrons. The smallest absolute Gasteiger partial charge is 0.394 e. The number of anilines is 1. The molecular formula is C25H22F3N3O4. The first-order chi connectivity index (χ1) is 16.8. The Morgan fingerprint density at radius 2 is 1.83 bits per heavy atom. The Hall–Kier alpha value is -3.76. The number of carbonyl (C=O) groups excluding carboxylic acids is 2. The van der Waals surface area contributed by atoms with Crippen molar-refractivity contribution in [1.29, 1.82) is 0 Å². The van der Waals surface area contributed by atoms with Crippen LogP contribution in [0.4, 0.5) is 18.9 Å². The van der Waals surface area contributed by atoms with Crippen LogP contribution < -0.4 is 5.32 Å². The molecule has 0 bridgehead atoms. The standard InChI is InChI=1S/C25H22F3N3O4/c26-25(27,28)19-7-3-18(4-8-19)24(34)30-20-9-5-17(6-10-20)23-21(14-32)31(22(33)15-35-23)13-16-2-1-11-29-12-16/h1-12,21,23,32H,13-15H2,(H,30,34)/t21-,23-/m1/s1. The van der Waals surface area contributed by atoms with Crippen LogP contribution in [-0.4, -0.2) is 46.1 Å². The molecular weight excluding hydrogens is 463 g/mol. The summed E-state index contributed by atoms with van der Waals surface area (Å²) in [5.41, 5.74) is 1.20. The fraction of sp³-hybridized carbons (Fsp3) is 0.240. The van der Waals surface area contributed by atoms with Gasteiger partial charge in [0.1, 0.15) is 12.7 Å². The number of alkyl halides is 3. The van der Waals surface area contributed by atoms with E-state index in [-0.39, 0.29) is 31.2 Å². The first-order valence-electron chi connectivity index (χ1n) is 10.8. The Morgan fingerprint density at radius 3 is 2.43 bits per heavy atom. The largest absolute Gasteiger partial charge is 0.416 e. The number of morpholine rings is 1. The highest BCUT2D eigenvalue weighted by Gasteiger charge is 2.37. The molecule has 2 heterocycles. The van der Waals surface area contributed by atoms with Crippen LogP contribution in [0.15, 0.2) is 73.1 Å². The lowest BCUT2D eigenvalue weighted by Crippen LogP contribution is -2.52. The fourth-order valence-electron chi connectivity index (χ4n) is 3.88. The number of aromatic nitrogens is 1. The predicted octanol–water partition coefficient (Wildman–Crippen LogP) is 3.81. The number of aliphatic hydroxyl groups excluding tert-OH is 1. The second-order valence-corrected chi connectivity index (χ2v) is 8.02. The summed E-state index contributed by atoms with van der Waals surface area (Å²) < 4.78 is 43.9. The number of pyridine rings is 1. The molecule has 0 saturated carbocycles. The molecule has 0 spiro atoms. The Balaban J connectivity index is 1.45. The second kappa shape index (κ2) is 10.2. The van der Waals surface area contributed by atoms with E-state index in [4.69, 9.17) is 4.74 Å². The van der Waals surface area contributed by atoms with Gasteiger partial charge in [-0.05, 0) is 53.6 Å². The molecule has 1 aliphatic rings. The summed E-state index contributed by atoms with van der Waals surface area (Å²) in [6.07, 6.45) is -1.78. The van der Waals surface area contributed by atoms with E-state index in [9.17, 15) is 27.9 Å². The highest BCUT2D eigenvalue weighted by atomic mass is 19.4. The van der Waals surface area contributed by atoms with Gasteiger partial charge in [0, 0.05) is 30.2 Å². The fourth-order valence-corrected chi connectivity index (χ4v) is 3.88. The van der Waals surface area contributed by atoms with Gasteiger partial charge in [-0.25, -0.2) is 0 Å². The molecule has 4 rings (SSSR count). The van der Waals surface area contributed by atoms with E-state index in [1.165, 1.54) is 0 Å². The van der Waals surface area contributed by atoms with E-state index in [1.807, 2.05) is 6.07 Å². The van der Waals surface area contributed by atoms with Gasteiger partial charge >= 0.3 is 6.18 Å². The highest BCUT2D eigenvalue weighted by molar-refractivity contribution is 6.04. The van der Waals surface area contributed by atoms with Crippen LogP contribution in [-0.2, 0) is 22.3 Å². The first-order valence-corrected chi connectivity index (χ1v) is 10.8. The van der Waals surface area contributed by atoms with Crippen LogP contribution in [0.25, 0.3) is 0 Å². The van der Waals surface area contributed by atoms with Crippen molar-refractivity contribution >= 4 is 17.5 Å². The van der Waals surface area contributed by atoms with Crippen LogP contribution in [0.3, 0.4) is 0 Å². The van der Waals surface area contributed by atoms with Crippen LogP contribution in [0.1, 0.15) is 33.2 Å². The highest BCUT2D eigenvalue weighted by Crippen LogP contribution is 2.31. The summed E-state index contributed by atoms with van der Waals surface area (Å²) >= 11 is 0. The van der Waals surface area contributed by atoms with Crippen molar-refractivity contribution in [3.8, 4) is 0 Å². The lowest BCUT2D eigenvalue weighted by atomic mass is 9.98. The molecule has 2 aromatic carbocycles. The van der Waals surface area contributed by atoms with Crippen LogP contribution in [0, 0.1) is 0 Å². The first kappa shape index (κ1) is 24.4. The number of nitrogens with zero attached hydrogens (tertiary/aromatic N) is 2. The quantitative estimate of drug-likeness (QED) is 0.554. The summed E-state index contributed by atoms with van der Waals surface area (Å²) in [6, 6.07) is 13.6. The molecule has 10 heteroatoms. The zero-order valence-corrected chi connectivity index (χ0v) is 18.4. The zero-order valence-electron chi connectivity index (χ0n) is 18.4. The number of carbonyl (C=O) groups is 2. The molecule has 2 amide bonds. The van der Waals surface area contributed by atoms with Crippen molar-refractivity contribution in [3.63, 3.8) is 0 Å². The summed E-state index contributed by atoms with van der Waals surface area (Å²) in [5.74, 6) is -0.800. The maximum Gasteiger partial charge on any atom is 0.416 e. The summed E-state index contributed by atoms with van der Waals surface area (Å²) in [7, 11) is 0. The van der Waals surface area contributed by atoms with E-state index >= 15 is 0 Å². The van der Waals surface area contributed by atoms with Gasteiger partial charge in [-0.2, -0.15) is 13.2 Å². The minimum atomic E-state index is -4.48. The number of aliphatic hydroxyl groups is 1. The van der Waals surface area contributed by atoms with Crippen molar-refractivity contribution in [2.24, 2.45) is 0 Å². The van der Waals surface area contributed by atoms with Crippen molar-refractivity contribution < 1.29 is 32.6 Å². The minimum Gasteiger partial charge on any atom is -0.394 e. The summed E-state index contributed by atoms with van der Waals surface area (Å²) in [6.45, 7) is -0.185. The van der Waals surface area contributed by atoms with Gasteiger partial charge < -0.3 is 20.1 Å². The number of halogens is 3. The Kier molecular flexibility index (Phi) is 7.13. The van der Waals surface area contributed by atoms with Gasteiger partial charge in [0.15, 0.2) is 0 Å². The number of rotatable bonds is 6. The van der Waals surface area contributed by atoms with Crippen LogP contribution >= 0.6 is 0 Å². The molecule has 1 fully saturated rings. The third-order valence-electron chi connectivity index (χ3n) is 5.69. The number of ether oxygens (including phenoxy) is 1. The topological polar surface area (TPSA) is 91.8 Å². The predicted molar refractivity (Wildman–Crippen MR) is 120 cm³/mol. The molecule has 35 heavy (non-hydrogen) atoms. The van der Waals surface area contributed by atoms with E-state index in [0.717, 1.165) is 29.8 Å². The second-order valence-electron chi connectivity index (χ2n) is 8.02. The SMILES string of the molecule is O=C(Nc1ccc([C@H]2OCC(=O)N(Cc3cccnc3)[C@@H]2CO)cc1)c1ccc(C(F)(F)F)cc1.